The highest BCUT2D eigenvalue weighted by atomic mass is 79.9. The van der Waals surface area contributed by atoms with Gasteiger partial charge in [-0.15, -0.1) is 0 Å². The minimum absolute atomic E-state index is 0.444. The highest BCUT2D eigenvalue weighted by Crippen LogP contribution is 2.38. The fourth-order valence-corrected chi connectivity index (χ4v) is 3.40. The first-order valence-corrected chi connectivity index (χ1v) is 7.72. The highest BCUT2D eigenvalue weighted by molar-refractivity contribution is 9.10. The summed E-state index contributed by atoms with van der Waals surface area (Å²) in [6, 6.07) is 10.6. The van der Waals surface area contributed by atoms with Crippen molar-refractivity contribution in [2.24, 2.45) is 11.7 Å². The van der Waals surface area contributed by atoms with E-state index in [9.17, 15) is 0 Å². The van der Waals surface area contributed by atoms with E-state index in [0.717, 1.165) is 22.2 Å². The first-order chi connectivity index (χ1) is 9.61. The summed E-state index contributed by atoms with van der Waals surface area (Å²) in [4.78, 5) is 0. The Labute approximate surface area is 127 Å². The lowest BCUT2D eigenvalue weighted by atomic mass is 9.98. The average Bonchev–Trinajstić information content (AvgIpc) is 2.77. The molecule has 0 aliphatic carbocycles. The third kappa shape index (κ3) is 2.15. The van der Waals surface area contributed by atoms with Crippen LogP contribution in [0.2, 0.25) is 0 Å². The molecule has 0 aliphatic heterocycles. The van der Waals surface area contributed by atoms with E-state index in [0.29, 0.717) is 12.5 Å². The van der Waals surface area contributed by atoms with Crippen molar-refractivity contribution < 1.29 is 4.42 Å². The monoisotopic (exact) mass is 331 g/mol. The number of furan rings is 1. The van der Waals surface area contributed by atoms with Gasteiger partial charge in [-0.2, -0.15) is 0 Å². The molecule has 2 N–H and O–H groups in total. The summed E-state index contributed by atoms with van der Waals surface area (Å²) in [5.74, 6) is 1.48. The van der Waals surface area contributed by atoms with Crippen LogP contribution in [-0.2, 0) is 13.0 Å². The normalized spacial score (nSPS) is 11.8. The molecule has 0 bridgehead atoms. The van der Waals surface area contributed by atoms with Gasteiger partial charge >= 0.3 is 0 Å². The van der Waals surface area contributed by atoms with E-state index in [4.69, 9.17) is 10.2 Å². The van der Waals surface area contributed by atoms with E-state index in [1.807, 2.05) is 6.07 Å². The largest absolute Gasteiger partial charge is 0.458 e. The number of halogens is 1. The van der Waals surface area contributed by atoms with Gasteiger partial charge in [-0.3, -0.25) is 0 Å². The number of hydrogen-bond acceptors (Lipinski definition) is 2. The van der Waals surface area contributed by atoms with Gasteiger partial charge in [0.1, 0.15) is 11.3 Å². The van der Waals surface area contributed by atoms with Crippen LogP contribution in [0.5, 0.6) is 0 Å². The molecule has 0 saturated heterocycles. The standard InChI is InChI=1S/C17H18BrNO/c1-10(2)7-13-14-8-11-5-3-4-6-12(11)16(18)17(14)20-15(13)9-19/h3-6,8,10H,7,9,19H2,1-2H3. The van der Waals surface area contributed by atoms with Crippen LogP contribution in [0.4, 0.5) is 0 Å². The Balaban J connectivity index is 2.37. The maximum absolute atomic E-state index is 6.02. The minimum Gasteiger partial charge on any atom is -0.458 e. The van der Waals surface area contributed by atoms with Gasteiger partial charge < -0.3 is 10.2 Å². The molecule has 0 atom stereocenters. The highest BCUT2D eigenvalue weighted by Gasteiger charge is 2.17. The van der Waals surface area contributed by atoms with Gasteiger partial charge in [-0.05, 0) is 45.1 Å². The summed E-state index contributed by atoms with van der Waals surface area (Å²) in [5, 5.41) is 3.58. The van der Waals surface area contributed by atoms with Crippen molar-refractivity contribution >= 4 is 37.7 Å². The van der Waals surface area contributed by atoms with Crippen LogP contribution in [0.15, 0.2) is 39.2 Å². The lowest BCUT2D eigenvalue weighted by Crippen LogP contribution is -2.01. The molecule has 3 heteroatoms. The van der Waals surface area contributed by atoms with Crippen LogP contribution in [0.1, 0.15) is 25.2 Å². The number of hydrogen-bond donors (Lipinski definition) is 1. The predicted molar refractivity (Wildman–Crippen MR) is 87.9 cm³/mol. The van der Waals surface area contributed by atoms with Gasteiger partial charge in [0, 0.05) is 10.9 Å². The number of rotatable bonds is 3. The molecule has 20 heavy (non-hydrogen) atoms. The van der Waals surface area contributed by atoms with Crippen molar-refractivity contribution in [1.82, 2.24) is 0 Å². The quantitative estimate of drug-likeness (QED) is 0.732. The van der Waals surface area contributed by atoms with E-state index >= 15 is 0 Å². The lowest BCUT2D eigenvalue weighted by Gasteiger charge is -2.06. The molecule has 3 rings (SSSR count). The van der Waals surface area contributed by atoms with E-state index in [1.54, 1.807) is 0 Å². The summed E-state index contributed by atoms with van der Waals surface area (Å²) in [6.07, 6.45) is 0.990. The Kier molecular flexibility index (Phi) is 3.57. The fraction of sp³-hybridized carbons (Fsp3) is 0.294. The Morgan fingerprint density at radius 3 is 2.65 bits per heavy atom. The van der Waals surface area contributed by atoms with Crippen LogP contribution in [0, 0.1) is 5.92 Å². The fourth-order valence-electron chi connectivity index (χ4n) is 2.74. The molecule has 0 radical (unpaired) electrons. The van der Waals surface area contributed by atoms with Crippen LogP contribution in [0.3, 0.4) is 0 Å². The lowest BCUT2D eigenvalue weighted by molar-refractivity contribution is 0.535. The predicted octanol–water partition coefficient (Wildman–Crippen LogP) is 5.01. The second-order valence-electron chi connectivity index (χ2n) is 5.59. The Morgan fingerprint density at radius 1 is 1.20 bits per heavy atom. The first-order valence-electron chi connectivity index (χ1n) is 6.93. The van der Waals surface area contributed by atoms with Crippen molar-refractivity contribution in [1.29, 1.82) is 0 Å². The maximum Gasteiger partial charge on any atom is 0.149 e. The number of fused-ring (bicyclic) bond motifs is 2. The smallest absolute Gasteiger partial charge is 0.149 e. The van der Waals surface area contributed by atoms with Gasteiger partial charge in [0.2, 0.25) is 0 Å². The van der Waals surface area contributed by atoms with Crippen molar-refractivity contribution in [3.8, 4) is 0 Å². The van der Waals surface area contributed by atoms with Crippen LogP contribution in [-0.4, -0.2) is 0 Å². The zero-order valence-corrected chi connectivity index (χ0v) is 13.3. The van der Waals surface area contributed by atoms with Gasteiger partial charge in [-0.1, -0.05) is 38.1 Å². The van der Waals surface area contributed by atoms with E-state index in [1.165, 1.54) is 21.7 Å². The first kappa shape index (κ1) is 13.7. The van der Waals surface area contributed by atoms with Gasteiger partial charge in [0.15, 0.2) is 0 Å². The van der Waals surface area contributed by atoms with Gasteiger partial charge in [-0.25, -0.2) is 0 Å². The van der Waals surface area contributed by atoms with E-state index in [-0.39, 0.29) is 0 Å². The van der Waals surface area contributed by atoms with Crippen LogP contribution in [0.25, 0.3) is 21.7 Å². The molecule has 3 aromatic rings. The molecule has 2 nitrogen and oxygen atoms in total. The van der Waals surface area contributed by atoms with E-state index < -0.39 is 0 Å². The van der Waals surface area contributed by atoms with Crippen LogP contribution >= 0.6 is 15.9 Å². The number of benzene rings is 2. The van der Waals surface area contributed by atoms with Gasteiger partial charge in [0.05, 0.1) is 11.0 Å². The third-order valence-corrected chi connectivity index (χ3v) is 4.41. The molecule has 0 saturated carbocycles. The molecular weight excluding hydrogens is 314 g/mol. The molecule has 1 heterocycles. The zero-order valence-electron chi connectivity index (χ0n) is 11.7. The zero-order chi connectivity index (χ0) is 14.3. The third-order valence-electron chi connectivity index (χ3n) is 3.63. The van der Waals surface area contributed by atoms with E-state index in [2.05, 4.69) is 54.0 Å². The summed E-state index contributed by atoms with van der Waals surface area (Å²) < 4.78 is 7.04. The molecule has 104 valence electrons. The van der Waals surface area contributed by atoms with Crippen molar-refractivity contribution in [2.45, 2.75) is 26.8 Å². The van der Waals surface area contributed by atoms with Crippen molar-refractivity contribution in [3.05, 3.63) is 46.1 Å². The molecular formula is C17H18BrNO. The maximum atomic E-state index is 6.02. The average molecular weight is 332 g/mol. The second-order valence-corrected chi connectivity index (χ2v) is 6.39. The van der Waals surface area contributed by atoms with Crippen LogP contribution < -0.4 is 5.73 Å². The molecule has 0 unspecified atom stereocenters. The molecule has 0 amide bonds. The molecule has 0 fully saturated rings. The Hall–Kier alpha value is -1.32. The van der Waals surface area contributed by atoms with Gasteiger partial charge in [0.25, 0.3) is 0 Å². The van der Waals surface area contributed by atoms with Crippen molar-refractivity contribution in [3.63, 3.8) is 0 Å². The summed E-state index contributed by atoms with van der Waals surface area (Å²) >= 11 is 3.69. The molecule has 2 aromatic carbocycles. The summed E-state index contributed by atoms with van der Waals surface area (Å²) in [5.41, 5.74) is 8.03. The molecule has 0 aliphatic rings. The SMILES string of the molecule is CC(C)Cc1c(CN)oc2c(Br)c3ccccc3cc12. The topological polar surface area (TPSA) is 39.2 Å². The minimum atomic E-state index is 0.444. The Morgan fingerprint density at radius 2 is 1.95 bits per heavy atom. The Bertz CT molecular complexity index is 773. The number of nitrogens with two attached hydrogens (primary N) is 1. The summed E-state index contributed by atoms with van der Waals surface area (Å²) in [7, 11) is 0. The van der Waals surface area contributed by atoms with Crippen molar-refractivity contribution in [2.75, 3.05) is 0 Å². The second kappa shape index (κ2) is 5.23. The summed E-state index contributed by atoms with van der Waals surface area (Å²) in [6.45, 7) is 4.88. The molecule has 1 aromatic heterocycles. The molecule has 0 spiro atoms.